The number of rotatable bonds is 8. The number of halogens is 1. The van der Waals surface area contributed by atoms with E-state index in [9.17, 15) is 4.79 Å². The van der Waals surface area contributed by atoms with Crippen LogP contribution in [0.25, 0.3) is 33.1 Å². The van der Waals surface area contributed by atoms with Crippen LogP contribution in [0.4, 0.5) is 10.2 Å². The summed E-state index contributed by atoms with van der Waals surface area (Å²) in [7, 11) is 4.13. The molecule has 0 spiro atoms. The molecule has 2 fully saturated rings. The van der Waals surface area contributed by atoms with Crippen LogP contribution in [0, 0.1) is 18.2 Å². The fourth-order valence-electron chi connectivity index (χ4n) is 6.21. The van der Waals surface area contributed by atoms with Crippen molar-refractivity contribution in [2.45, 2.75) is 32.7 Å². The average molecular weight is 569 g/mol. The fourth-order valence-corrected chi connectivity index (χ4v) is 6.21. The summed E-state index contributed by atoms with van der Waals surface area (Å²) < 4.78 is 22.3. The lowest BCUT2D eigenvalue weighted by Crippen LogP contribution is -2.53. The lowest BCUT2D eigenvalue weighted by atomic mass is 9.97. The normalized spacial score (nSPS) is 18.1. The molecule has 0 N–H and O–H groups in total. The van der Waals surface area contributed by atoms with E-state index < -0.39 is 5.82 Å². The van der Waals surface area contributed by atoms with Crippen LogP contribution in [0.3, 0.4) is 0 Å². The van der Waals surface area contributed by atoms with Crippen LogP contribution in [0.15, 0.2) is 55.1 Å². The molecule has 2 aromatic carbocycles. The second-order valence-electron chi connectivity index (χ2n) is 12.1. The molecule has 0 unspecified atom stereocenters. The molecule has 1 aliphatic carbocycles. The largest absolute Gasteiger partial charge is 0.463 e. The number of pyridine rings is 1. The van der Waals surface area contributed by atoms with E-state index in [1.165, 1.54) is 12.1 Å². The van der Waals surface area contributed by atoms with E-state index in [4.69, 9.17) is 19.7 Å². The molecule has 1 saturated heterocycles. The number of benzene rings is 2. The topological polar surface area (TPSA) is 74.7 Å². The predicted octanol–water partition coefficient (Wildman–Crippen LogP) is 5.24. The van der Waals surface area contributed by atoms with Crippen LogP contribution < -0.4 is 9.64 Å². The number of aromatic nitrogens is 3. The maximum absolute atomic E-state index is 16.0. The van der Waals surface area contributed by atoms with Crippen molar-refractivity contribution < 1.29 is 13.9 Å². The Hall–Kier alpha value is -4.11. The molecule has 2 aromatic heterocycles. The van der Waals surface area contributed by atoms with Gasteiger partial charge in [0.25, 0.3) is 0 Å². The summed E-state index contributed by atoms with van der Waals surface area (Å²) in [6, 6.07) is 13.6. The number of hydrogen-bond donors (Lipinski definition) is 0. The molecule has 6 rings (SSSR count). The number of ether oxygens (including phenoxy) is 1. The van der Waals surface area contributed by atoms with Gasteiger partial charge in [0.1, 0.15) is 17.3 Å². The number of hydrogen-bond acceptors (Lipinski definition) is 7. The highest BCUT2D eigenvalue weighted by Crippen LogP contribution is 2.46. The Labute approximate surface area is 245 Å². The quantitative estimate of drug-likeness (QED) is 0.269. The molecule has 4 aromatic rings. The monoisotopic (exact) mass is 568 g/mol. The minimum atomic E-state index is -0.437. The third-order valence-corrected chi connectivity index (χ3v) is 8.47. The molecule has 1 saturated carbocycles. The molecule has 1 amide bonds. The van der Waals surface area contributed by atoms with E-state index in [-0.39, 0.29) is 29.1 Å². The molecular formula is C33H37FN6O2. The van der Waals surface area contributed by atoms with Crippen molar-refractivity contribution in [3.05, 3.63) is 66.5 Å². The molecule has 2 aliphatic rings. The molecule has 9 heteroatoms. The van der Waals surface area contributed by atoms with Crippen molar-refractivity contribution >= 4 is 33.5 Å². The average Bonchev–Trinajstić information content (AvgIpc) is 3.73. The van der Waals surface area contributed by atoms with Crippen molar-refractivity contribution in [3.63, 3.8) is 0 Å². The molecule has 218 valence electrons. The first-order valence-electron chi connectivity index (χ1n) is 14.5. The Morgan fingerprint density at radius 2 is 1.93 bits per heavy atom. The zero-order valence-electron chi connectivity index (χ0n) is 24.7. The van der Waals surface area contributed by atoms with E-state index >= 15 is 4.39 Å². The summed E-state index contributed by atoms with van der Waals surface area (Å²) in [4.78, 5) is 32.7. The van der Waals surface area contributed by atoms with E-state index in [0.717, 1.165) is 41.3 Å². The second kappa shape index (κ2) is 10.9. The van der Waals surface area contributed by atoms with Crippen molar-refractivity contribution in [1.29, 1.82) is 0 Å². The van der Waals surface area contributed by atoms with Crippen molar-refractivity contribution in [1.82, 2.24) is 24.8 Å². The summed E-state index contributed by atoms with van der Waals surface area (Å²) in [6.07, 6.45) is 3.53. The Morgan fingerprint density at radius 1 is 1.17 bits per heavy atom. The number of piperazine rings is 1. The van der Waals surface area contributed by atoms with Gasteiger partial charge in [-0.15, -0.1) is 0 Å². The van der Waals surface area contributed by atoms with E-state index in [2.05, 4.69) is 30.5 Å². The molecule has 0 radical (unpaired) electrons. The lowest BCUT2D eigenvalue weighted by Gasteiger charge is -2.40. The van der Waals surface area contributed by atoms with Gasteiger partial charge in [0, 0.05) is 43.2 Å². The van der Waals surface area contributed by atoms with Crippen LogP contribution in [0.2, 0.25) is 0 Å². The summed E-state index contributed by atoms with van der Waals surface area (Å²) in [6.45, 7) is 10.7. The molecule has 0 bridgehead atoms. The maximum Gasteiger partial charge on any atom is 0.320 e. The van der Waals surface area contributed by atoms with E-state index in [0.29, 0.717) is 43.1 Å². The van der Waals surface area contributed by atoms with E-state index in [1.807, 2.05) is 50.2 Å². The van der Waals surface area contributed by atoms with Gasteiger partial charge in [-0.2, -0.15) is 9.97 Å². The standard InChI is InChI=1S/C33H37FN6O2/c1-6-27(41)39-15-16-40(22(3)18-39)31-25-17-26(34)29(24-12-8-11-23-10-7-9-21(2)28(23)24)35-30(25)36-32(37-31)42-20-33(13-14-33)19-38(4)5/h6-12,17,22H,1,13-16,18-20H2,2-5H3/t22-/m1/s1. The number of aryl methyl sites for hydroxylation is 1. The smallest absolute Gasteiger partial charge is 0.320 e. The minimum absolute atomic E-state index is 0.0689. The highest BCUT2D eigenvalue weighted by molar-refractivity contribution is 5.99. The number of carbonyl (C=O) groups excluding carboxylic acids is 1. The molecule has 42 heavy (non-hydrogen) atoms. The zero-order valence-corrected chi connectivity index (χ0v) is 24.7. The van der Waals surface area contributed by atoms with Crippen LogP contribution in [-0.4, -0.2) is 83.6 Å². The van der Waals surface area contributed by atoms with Gasteiger partial charge in [0.15, 0.2) is 5.65 Å². The van der Waals surface area contributed by atoms with Gasteiger partial charge in [-0.25, -0.2) is 9.37 Å². The van der Waals surface area contributed by atoms with Crippen molar-refractivity contribution in [2.75, 3.05) is 51.8 Å². The SMILES string of the molecule is C=CC(=O)N1CCN(c2nc(OCC3(CN(C)C)CC3)nc3nc(-c4cccc5cccc(C)c45)c(F)cc23)[C@H](C)C1. The highest BCUT2D eigenvalue weighted by atomic mass is 19.1. The van der Waals surface area contributed by atoms with Crippen LogP contribution in [-0.2, 0) is 4.79 Å². The highest BCUT2D eigenvalue weighted by Gasteiger charge is 2.44. The number of amides is 1. The molecule has 1 aliphatic heterocycles. The van der Waals surface area contributed by atoms with Gasteiger partial charge < -0.3 is 19.4 Å². The van der Waals surface area contributed by atoms with Crippen LogP contribution >= 0.6 is 0 Å². The first-order valence-corrected chi connectivity index (χ1v) is 14.5. The Balaban J connectivity index is 1.45. The van der Waals surface area contributed by atoms with Crippen LogP contribution in [0.1, 0.15) is 25.3 Å². The number of carbonyl (C=O) groups is 1. The Morgan fingerprint density at radius 3 is 2.62 bits per heavy atom. The van der Waals surface area contributed by atoms with Gasteiger partial charge in [0.05, 0.1) is 12.0 Å². The third kappa shape index (κ3) is 5.29. The molecular weight excluding hydrogens is 531 g/mol. The zero-order chi connectivity index (χ0) is 29.6. The van der Waals surface area contributed by atoms with Gasteiger partial charge >= 0.3 is 6.01 Å². The summed E-state index contributed by atoms with van der Waals surface area (Å²) in [5.41, 5.74) is 2.49. The third-order valence-electron chi connectivity index (χ3n) is 8.47. The summed E-state index contributed by atoms with van der Waals surface area (Å²) >= 11 is 0. The first kappa shape index (κ1) is 28.0. The number of fused-ring (bicyclic) bond motifs is 2. The number of anilines is 1. The van der Waals surface area contributed by atoms with Gasteiger partial charge in [0.2, 0.25) is 5.91 Å². The molecule has 8 nitrogen and oxygen atoms in total. The maximum atomic E-state index is 16.0. The number of nitrogens with zero attached hydrogens (tertiary/aromatic N) is 6. The lowest BCUT2D eigenvalue weighted by molar-refractivity contribution is -0.126. The van der Waals surface area contributed by atoms with E-state index in [1.54, 1.807) is 4.90 Å². The van der Waals surface area contributed by atoms with Gasteiger partial charge in [-0.1, -0.05) is 43.0 Å². The summed E-state index contributed by atoms with van der Waals surface area (Å²) in [5, 5.41) is 2.51. The summed E-state index contributed by atoms with van der Waals surface area (Å²) in [5.74, 6) is 0.0296. The minimum Gasteiger partial charge on any atom is -0.463 e. The predicted molar refractivity (Wildman–Crippen MR) is 164 cm³/mol. The van der Waals surface area contributed by atoms with Gasteiger partial charge in [-0.05, 0) is 69.3 Å². The van der Waals surface area contributed by atoms with Crippen molar-refractivity contribution in [2.24, 2.45) is 5.41 Å². The van der Waals surface area contributed by atoms with Crippen molar-refractivity contribution in [3.8, 4) is 17.3 Å². The van der Waals surface area contributed by atoms with Gasteiger partial charge in [-0.3, -0.25) is 4.79 Å². The molecule has 1 atom stereocenters. The Bertz CT molecular complexity index is 1680. The fraction of sp³-hybridized carbons (Fsp3) is 0.394. The first-order chi connectivity index (χ1) is 20.2. The van der Waals surface area contributed by atoms with Crippen LogP contribution in [0.5, 0.6) is 6.01 Å². The second-order valence-corrected chi connectivity index (χ2v) is 12.1. The molecule has 3 heterocycles. The Kier molecular flexibility index (Phi) is 7.30.